The van der Waals surface area contributed by atoms with Crippen LogP contribution in [0.2, 0.25) is 0 Å². The molecule has 0 spiro atoms. The van der Waals surface area contributed by atoms with E-state index in [1.807, 2.05) is 28.0 Å². The highest BCUT2D eigenvalue weighted by molar-refractivity contribution is 5.81. The lowest BCUT2D eigenvalue weighted by atomic mass is 10.1. The third-order valence-electron chi connectivity index (χ3n) is 4.34. The van der Waals surface area contributed by atoms with Crippen LogP contribution in [0.1, 0.15) is 18.4 Å². The third kappa shape index (κ3) is 3.78. The van der Waals surface area contributed by atoms with Crippen LogP contribution in [0.5, 0.6) is 0 Å². The van der Waals surface area contributed by atoms with Crippen molar-refractivity contribution in [3.63, 3.8) is 0 Å². The van der Waals surface area contributed by atoms with Crippen molar-refractivity contribution in [2.24, 2.45) is 5.92 Å². The average Bonchev–Trinajstić information content (AvgIpc) is 3.40. The summed E-state index contributed by atoms with van der Waals surface area (Å²) < 4.78 is 0. The van der Waals surface area contributed by atoms with Gasteiger partial charge in [0.05, 0.1) is 0 Å². The molecule has 1 saturated heterocycles. The Bertz CT molecular complexity index is 520. The van der Waals surface area contributed by atoms with Crippen molar-refractivity contribution in [2.45, 2.75) is 19.3 Å². The van der Waals surface area contributed by atoms with E-state index >= 15 is 0 Å². The quantitative estimate of drug-likeness (QED) is 0.916. The monoisotopic (exact) mass is 301 g/mol. The van der Waals surface area contributed by atoms with E-state index in [1.165, 1.54) is 5.56 Å². The highest BCUT2D eigenvalue weighted by Gasteiger charge is 2.35. The van der Waals surface area contributed by atoms with Gasteiger partial charge in [-0.3, -0.25) is 4.79 Å². The van der Waals surface area contributed by atoms with Crippen LogP contribution in [0.4, 0.5) is 4.79 Å². The SMILES string of the molecule is O=C(NCCc1ccccc1)N1CCN(C(=O)C2CC2)CC1. The molecule has 1 aliphatic carbocycles. The zero-order chi connectivity index (χ0) is 15.4. The molecule has 118 valence electrons. The Morgan fingerprint density at radius 2 is 1.64 bits per heavy atom. The molecule has 0 atom stereocenters. The minimum atomic E-state index is -0.0190. The van der Waals surface area contributed by atoms with Gasteiger partial charge in [-0.15, -0.1) is 0 Å². The molecule has 5 nitrogen and oxygen atoms in total. The number of nitrogens with zero attached hydrogens (tertiary/aromatic N) is 2. The number of urea groups is 1. The zero-order valence-corrected chi connectivity index (χ0v) is 12.8. The van der Waals surface area contributed by atoms with Crippen LogP contribution in [-0.4, -0.2) is 54.5 Å². The van der Waals surface area contributed by atoms with Crippen molar-refractivity contribution in [3.8, 4) is 0 Å². The van der Waals surface area contributed by atoms with Crippen LogP contribution in [0.15, 0.2) is 30.3 Å². The summed E-state index contributed by atoms with van der Waals surface area (Å²) >= 11 is 0. The Labute approximate surface area is 131 Å². The molecular weight excluding hydrogens is 278 g/mol. The van der Waals surface area contributed by atoms with Crippen molar-refractivity contribution < 1.29 is 9.59 Å². The van der Waals surface area contributed by atoms with Crippen LogP contribution < -0.4 is 5.32 Å². The number of hydrogen-bond donors (Lipinski definition) is 1. The first-order valence-corrected chi connectivity index (χ1v) is 8.09. The fraction of sp³-hybridized carbons (Fsp3) is 0.529. The number of benzene rings is 1. The summed E-state index contributed by atoms with van der Waals surface area (Å²) in [4.78, 5) is 27.8. The summed E-state index contributed by atoms with van der Waals surface area (Å²) in [6.07, 6.45) is 2.92. The summed E-state index contributed by atoms with van der Waals surface area (Å²) in [5, 5.41) is 2.96. The van der Waals surface area contributed by atoms with Crippen molar-refractivity contribution in [3.05, 3.63) is 35.9 Å². The lowest BCUT2D eigenvalue weighted by Crippen LogP contribution is -2.53. The van der Waals surface area contributed by atoms with Crippen molar-refractivity contribution in [1.82, 2.24) is 15.1 Å². The highest BCUT2D eigenvalue weighted by Crippen LogP contribution is 2.31. The van der Waals surface area contributed by atoms with Gasteiger partial charge in [0.15, 0.2) is 0 Å². The lowest BCUT2D eigenvalue weighted by Gasteiger charge is -2.34. The molecule has 0 bridgehead atoms. The third-order valence-corrected chi connectivity index (χ3v) is 4.34. The molecule has 2 fully saturated rings. The van der Waals surface area contributed by atoms with Crippen molar-refractivity contribution in [2.75, 3.05) is 32.7 Å². The summed E-state index contributed by atoms with van der Waals surface area (Å²) in [5.41, 5.74) is 1.22. The number of hydrogen-bond acceptors (Lipinski definition) is 2. The number of rotatable bonds is 4. The number of piperazine rings is 1. The number of amides is 3. The highest BCUT2D eigenvalue weighted by atomic mass is 16.2. The fourth-order valence-electron chi connectivity index (χ4n) is 2.79. The smallest absolute Gasteiger partial charge is 0.317 e. The maximum absolute atomic E-state index is 12.1. The molecule has 0 radical (unpaired) electrons. The molecule has 1 aromatic carbocycles. The first kappa shape index (κ1) is 14.9. The van der Waals surface area contributed by atoms with Gasteiger partial charge in [-0.05, 0) is 24.8 Å². The van der Waals surface area contributed by atoms with E-state index in [0.29, 0.717) is 32.7 Å². The van der Waals surface area contributed by atoms with Gasteiger partial charge in [-0.25, -0.2) is 4.79 Å². The van der Waals surface area contributed by atoms with Crippen molar-refractivity contribution >= 4 is 11.9 Å². The Balaban J connectivity index is 1.37. The second kappa shape index (κ2) is 6.81. The fourth-order valence-corrected chi connectivity index (χ4v) is 2.79. The van der Waals surface area contributed by atoms with Gasteiger partial charge in [0.25, 0.3) is 0 Å². The van der Waals surface area contributed by atoms with Crippen molar-refractivity contribution in [1.29, 1.82) is 0 Å². The molecule has 1 aliphatic heterocycles. The molecule has 1 N–H and O–H groups in total. The predicted molar refractivity (Wildman–Crippen MR) is 84.4 cm³/mol. The molecular formula is C17H23N3O2. The van der Waals surface area contributed by atoms with Crippen LogP contribution >= 0.6 is 0 Å². The Morgan fingerprint density at radius 3 is 2.27 bits per heavy atom. The molecule has 2 aliphatic rings. The summed E-state index contributed by atoms with van der Waals surface area (Å²) in [6, 6.07) is 10.1. The Kier molecular flexibility index (Phi) is 4.61. The van der Waals surface area contributed by atoms with E-state index in [1.54, 1.807) is 0 Å². The molecule has 22 heavy (non-hydrogen) atoms. The number of carbonyl (C=O) groups excluding carboxylic acids is 2. The van der Waals surface area contributed by atoms with Gasteiger partial charge in [-0.1, -0.05) is 30.3 Å². The Morgan fingerprint density at radius 1 is 1.00 bits per heavy atom. The van der Waals surface area contributed by atoms with Gasteiger partial charge in [0.1, 0.15) is 0 Å². The summed E-state index contributed by atoms with van der Waals surface area (Å²) in [5.74, 6) is 0.551. The van der Waals surface area contributed by atoms with Crippen LogP contribution in [0.3, 0.4) is 0 Å². The molecule has 3 rings (SSSR count). The molecule has 3 amide bonds. The largest absolute Gasteiger partial charge is 0.339 e. The molecule has 5 heteroatoms. The van der Waals surface area contributed by atoms with E-state index in [4.69, 9.17) is 0 Å². The lowest BCUT2D eigenvalue weighted by molar-refractivity contribution is -0.133. The number of nitrogens with one attached hydrogen (secondary N) is 1. The second-order valence-electron chi connectivity index (χ2n) is 6.05. The van der Waals surface area contributed by atoms with Gasteiger partial charge in [0, 0.05) is 38.6 Å². The molecule has 1 heterocycles. The van der Waals surface area contributed by atoms with E-state index < -0.39 is 0 Å². The molecule has 0 aromatic heterocycles. The molecule has 1 aromatic rings. The summed E-state index contributed by atoms with van der Waals surface area (Å²) in [7, 11) is 0. The minimum Gasteiger partial charge on any atom is -0.339 e. The van der Waals surface area contributed by atoms with Gasteiger partial charge in [0.2, 0.25) is 5.91 Å². The first-order chi connectivity index (χ1) is 10.7. The first-order valence-electron chi connectivity index (χ1n) is 8.09. The van der Waals surface area contributed by atoms with Gasteiger partial charge >= 0.3 is 6.03 Å². The maximum Gasteiger partial charge on any atom is 0.317 e. The topological polar surface area (TPSA) is 52.7 Å². The zero-order valence-electron chi connectivity index (χ0n) is 12.8. The van der Waals surface area contributed by atoms with Crippen LogP contribution in [-0.2, 0) is 11.2 Å². The van der Waals surface area contributed by atoms with E-state index in [2.05, 4.69) is 17.4 Å². The minimum absolute atomic E-state index is 0.0190. The Hall–Kier alpha value is -2.04. The van der Waals surface area contributed by atoms with Gasteiger partial charge in [-0.2, -0.15) is 0 Å². The van der Waals surface area contributed by atoms with Crippen LogP contribution in [0.25, 0.3) is 0 Å². The molecule has 1 saturated carbocycles. The van der Waals surface area contributed by atoms with Crippen LogP contribution in [0, 0.1) is 5.92 Å². The maximum atomic E-state index is 12.1. The standard InChI is InChI=1S/C17H23N3O2/c21-16(15-6-7-15)19-10-12-20(13-11-19)17(22)18-9-8-14-4-2-1-3-5-14/h1-5,15H,6-13H2,(H,18,22). The van der Waals surface area contributed by atoms with E-state index in [-0.39, 0.29) is 17.9 Å². The molecule has 0 unspecified atom stereocenters. The number of carbonyl (C=O) groups is 2. The van der Waals surface area contributed by atoms with Gasteiger partial charge < -0.3 is 15.1 Å². The van der Waals surface area contributed by atoms with E-state index in [9.17, 15) is 9.59 Å². The average molecular weight is 301 g/mol. The second-order valence-corrected chi connectivity index (χ2v) is 6.05. The summed E-state index contributed by atoms with van der Waals surface area (Å²) in [6.45, 7) is 3.25. The normalized spacial score (nSPS) is 18.2. The predicted octanol–water partition coefficient (Wildman–Crippen LogP) is 1.49. The van der Waals surface area contributed by atoms with E-state index in [0.717, 1.165) is 19.3 Å².